The molecular formula is C26H23N3O3S. The summed E-state index contributed by atoms with van der Waals surface area (Å²) in [7, 11) is 3.20. The maximum Gasteiger partial charge on any atom is 0.230 e. The molecule has 0 fully saturated rings. The molecule has 0 aliphatic rings. The first-order valence-corrected chi connectivity index (χ1v) is 11.2. The lowest BCUT2D eigenvalue weighted by Gasteiger charge is -2.10. The lowest BCUT2D eigenvalue weighted by atomic mass is 10.1. The molecule has 0 radical (unpaired) electrons. The highest BCUT2D eigenvalue weighted by Crippen LogP contribution is 2.39. The van der Waals surface area contributed by atoms with E-state index in [9.17, 15) is 4.79 Å². The fourth-order valence-corrected chi connectivity index (χ4v) is 4.15. The first-order valence-electron chi connectivity index (χ1n) is 10.3. The molecule has 2 heterocycles. The molecule has 2 aromatic heterocycles. The highest BCUT2D eigenvalue weighted by Gasteiger charge is 2.15. The van der Waals surface area contributed by atoms with Gasteiger partial charge in [-0.1, -0.05) is 30.3 Å². The molecule has 166 valence electrons. The fourth-order valence-electron chi connectivity index (χ4n) is 3.31. The van der Waals surface area contributed by atoms with Crippen LogP contribution in [0.3, 0.4) is 0 Å². The van der Waals surface area contributed by atoms with Crippen LogP contribution in [0.15, 0.2) is 72.2 Å². The van der Waals surface area contributed by atoms with E-state index in [0.29, 0.717) is 17.2 Å². The van der Waals surface area contributed by atoms with E-state index in [4.69, 9.17) is 9.47 Å². The van der Waals surface area contributed by atoms with Crippen LogP contribution in [0.1, 0.15) is 17.0 Å². The number of hydrogen-bond donors (Lipinski definition) is 1. The predicted octanol–water partition coefficient (Wildman–Crippen LogP) is 5.57. The largest absolute Gasteiger partial charge is 0.493 e. The van der Waals surface area contributed by atoms with Crippen molar-refractivity contribution in [3.63, 3.8) is 0 Å². The Bertz CT molecular complexity index is 1270. The number of thiazole rings is 1. The van der Waals surface area contributed by atoms with Crippen LogP contribution in [-0.4, -0.2) is 30.1 Å². The first-order chi connectivity index (χ1) is 16.2. The Morgan fingerprint density at radius 2 is 1.91 bits per heavy atom. The predicted molar refractivity (Wildman–Crippen MR) is 133 cm³/mol. The Morgan fingerprint density at radius 3 is 2.70 bits per heavy atom. The zero-order valence-corrected chi connectivity index (χ0v) is 19.1. The molecule has 2 aromatic carbocycles. The summed E-state index contributed by atoms with van der Waals surface area (Å²) in [6.45, 7) is 0. The zero-order valence-electron chi connectivity index (χ0n) is 18.3. The van der Waals surface area contributed by atoms with Gasteiger partial charge in [0.25, 0.3) is 0 Å². The minimum absolute atomic E-state index is 0.129. The molecule has 1 N–H and O–H groups in total. The van der Waals surface area contributed by atoms with Gasteiger partial charge in [-0.2, -0.15) is 0 Å². The fraction of sp³-hybridized carbons (Fsp3) is 0.115. The quantitative estimate of drug-likeness (QED) is 0.374. The number of aromatic nitrogens is 2. The number of methoxy groups -OCH3 is 2. The summed E-state index contributed by atoms with van der Waals surface area (Å²) < 4.78 is 10.9. The van der Waals surface area contributed by atoms with Gasteiger partial charge in [-0.05, 0) is 48.0 Å². The standard InChI is InChI=1S/C26H23N3O3S/c1-31-23-11-6-10-22(25(23)32-2)26-29-21(17-33-26)16-24(30)28-20-9-5-7-18(15-20)12-13-19-8-3-4-14-27-19/h3-15,17H,16H2,1-2H3,(H,28,30)/b13-12+. The van der Waals surface area contributed by atoms with Crippen LogP contribution in [0.25, 0.3) is 22.7 Å². The van der Waals surface area contributed by atoms with E-state index in [2.05, 4.69) is 15.3 Å². The number of rotatable bonds is 8. The summed E-state index contributed by atoms with van der Waals surface area (Å²) in [4.78, 5) is 21.5. The molecule has 0 spiro atoms. The van der Waals surface area contributed by atoms with Crippen LogP contribution in [0.5, 0.6) is 11.5 Å². The van der Waals surface area contributed by atoms with Crippen LogP contribution in [0, 0.1) is 0 Å². The number of benzene rings is 2. The molecule has 33 heavy (non-hydrogen) atoms. The number of pyridine rings is 1. The summed E-state index contributed by atoms with van der Waals surface area (Å²) in [6, 6.07) is 19.1. The van der Waals surface area contributed by atoms with Crippen LogP contribution in [0.4, 0.5) is 5.69 Å². The van der Waals surface area contributed by atoms with E-state index < -0.39 is 0 Å². The molecule has 0 unspecified atom stereocenters. The monoisotopic (exact) mass is 457 g/mol. The second kappa shape index (κ2) is 10.6. The smallest absolute Gasteiger partial charge is 0.230 e. The van der Waals surface area contributed by atoms with Gasteiger partial charge in [-0.15, -0.1) is 11.3 Å². The van der Waals surface area contributed by atoms with Crippen molar-refractivity contribution in [3.05, 3.63) is 89.2 Å². The average molecular weight is 458 g/mol. The van der Waals surface area contributed by atoms with Gasteiger partial charge < -0.3 is 14.8 Å². The minimum atomic E-state index is -0.129. The molecule has 7 heteroatoms. The lowest BCUT2D eigenvalue weighted by Crippen LogP contribution is -2.14. The van der Waals surface area contributed by atoms with Crippen LogP contribution < -0.4 is 14.8 Å². The Morgan fingerprint density at radius 1 is 1.03 bits per heavy atom. The van der Waals surface area contributed by atoms with Crippen molar-refractivity contribution in [1.82, 2.24) is 9.97 Å². The zero-order chi connectivity index (χ0) is 23.0. The maximum absolute atomic E-state index is 12.6. The third kappa shape index (κ3) is 5.64. The van der Waals surface area contributed by atoms with E-state index >= 15 is 0 Å². The maximum atomic E-state index is 12.6. The van der Waals surface area contributed by atoms with Gasteiger partial charge >= 0.3 is 0 Å². The summed E-state index contributed by atoms with van der Waals surface area (Å²) in [5.74, 6) is 1.14. The highest BCUT2D eigenvalue weighted by atomic mass is 32.1. The van der Waals surface area contributed by atoms with Crippen molar-refractivity contribution in [2.45, 2.75) is 6.42 Å². The molecule has 0 atom stereocenters. The van der Waals surface area contributed by atoms with Gasteiger partial charge in [0, 0.05) is 17.3 Å². The minimum Gasteiger partial charge on any atom is -0.493 e. The molecule has 0 aliphatic carbocycles. The molecule has 4 aromatic rings. The third-order valence-electron chi connectivity index (χ3n) is 4.83. The Balaban J connectivity index is 1.42. The number of carbonyl (C=O) groups excluding carboxylic acids is 1. The molecule has 6 nitrogen and oxygen atoms in total. The van der Waals surface area contributed by atoms with E-state index in [1.807, 2.05) is 78.2 Å². The van der Waals surface area contributed by atoms with Gasteiger partial charge in [-0.3, -0.25) is 9.78 Å². The van der Waals surface area contributed by atoms with E-state index in [1.165, 1.54) is 11.3 Å². The summed E-state index contributed by atoms with van der Waals surface area (Å²) in [5, 5.41) is 5.61. The number of nitrogens with zero attached hydrogens (tertiary/aromatic N) is 2. The second-order valence-electron chi connectivity index (χ2n) is 7.12. The summed E-state index contributed by atoms with van der Waals surface area (Å²) >= 11 is 1.46. The highest BCUT2D eigenvalue weighted by molar-refractivity contribution is 7.13. The second-order valence-corrected chi connectivity index (χ2v) is 7.98. The number of hydrogen-bond acceptors (Lipinski definition) is 6. The van der Waals surface area contributed by atoms with Gasteiger partial charge in [0.15, 0.2) is 11.5 Å². The van der Waals surface area contributed by atoms with E-state index in [0.717, 1.165) is 27.5 Å². The summed E-state index contributed by atoms with van der Waals surface area (Å²) in [6.07, 6.45) is 5.83. The van der Waals surface area contributed by atoms with E-state index in [-0.39, 0.29) is 12.3 Å². The van der Waals surface area contributed by atoms with Crippen molar-refractivity contribution in [1.29, 1.82) is 0 Å². The lowest BCUT2D eigenvalue weighted by molar-refractivity contribution is -0.115. The Hall–Kier alpha value is -3.97. The SMILES string of the molecule is COc1cccc(-c2nc(CC(=O)Nc3cccc(/C=C/c4ccccn4)c3)cs2)c1OC. The van der Waals surface area contributed by atoms with Gasteiger partial charge in [0.05, 0.1) is 37.6 Å². The topological polar surface area (TPSA) is 73.3 Å². The Kier molecular flexibility index (Phi) is 7.12. The first kappa shape index (κ1) is 22.2. The molecule has 0 aliphatic heterocycles. The molecule has 1 amide bonds. The normalized spacial score (nSPS) is 10.8. The number of para-hydroxylation sites is 1. The molecular weight excluding hydrogens is 434 g/mol. The van der Waals surface area contributed by atoms with E-state index in [1.54, 1.807) is 20.4 Å². The van der Waals surface area contributed by atoms with Gasteiger partial charge in [0.2, 0.25) is 5.91 Å². The van der Waals surface area contributed by atoms with Crippen LogP contribution >= 0.6 is 11.3 Å². The van der Waals surface area contributed by atoms with Crippen molar-refractivity contribution in [3.8, 4) is 22.1 Å². The number of ether oxygens (including phenoxy) is 2. The van der Waals surface area contributed by atoms with Crippen molar-refractivity contribution in [2.75, 3.05) is 19.5 Å². The molecule has 4 rings (SSSR count). The number of carbonyl (C=O) groups is 1. The molecule has 0 bridgehead atoms. The van der Waals surface area contributed by atoms with Crippen LogP contribution in [-0.2, 0) is 11.2 Å². The van der Waals surface area contributed by atoms with Crippen molar-refractivity contribution in [2.24, 2.45) is 0 Å². The number of nitrogens with one attached hydrogen (secondary N) is 1. The molecule has 0 saturated carbocycles. The number of amides is 1. The van der Waals surface area contributed by atoms with Crippen molar-refractivity contribution >= 4 is 35.1 Å². The van der Waals surface area contributed by atoms with Gasteiger partial charge in [0.1, 0.15) is 5.01 Å². The van der Waals surface area contributed by atoms with Gasteiger partial charge in [-0.25, -0.2) is 4.98 Å². The van der Waals surface area contributed by atoms with Crippen LogP contribution in [0.2, 0.25) is 0 Å². The number of anilines is 1. The van der Waals surface area contributed by atoms with Crippen molar-refractivity contribution < 1.29 is 14.3 Å². The average Bonchev–Trinajstić information content (AvgIpc) is 3.31. The summed E-state index contributed by atoms with van der Waals surface area (Å²) in [5.41, 5.74) is 4.11. The molecule has 0 saturated heterocycles. The Labute approximate surface area is 196 Å². The third-order valence-corrected chi connectivity index (χ3v) is 5.76.